The van der Waals surface area contributed by atoms with E-state index in [0.717, 1.165) is 23.6 Å². The van der Waals surface area contributed by atoms with Crippen LogP contribution in [0, 0.1) is 12.8 Å². The fourth-order valence-corrected chi connectivity index (χ4v) is 2.43. The van der Waals surface area contributed by atoms with Crippen LogP contribution in [-0.4, -0.2) is 5.16 Å². The Morgan fingerprint density at radius 2 is 2.07 bits per heavy atom. The second-order valence-corrected chi connectivity index (χ2v) is 4.66. The lowest BCUT2D eigenvalue weighted by molar-refractivity contribution is 0.335. The monoisotopic (exact) mass is 208 g/mol. The van der Waals surface area contributed by atoms with Crippen LogP contribution in [0.15, 0.2) is 4.52 Å². The van der Waals surface area contributed by atoms with Gasteiger partial charge >= 0.3 is 0 Å². The Labute approximate surface area is 91.0 Å². The molecule has 0 spiro atoms. The fourth-order valence-electron chi connectivity index (χ4n) is 2.43. The Balaban J connectivity index is 1.84. The molecule has 1 heterocycles. The van der Waals surface area contributed by atoms with Crippen molar-refractivity contribution >= 4 is 5.88 Å². The second-order valence-electron chi connectivity index (χ2n) is 4.66. The third-order valence-corrected chi connectivity index (χ3v) is 3.57. The van der Waals surface area contributed by atoms with E-state index < -0.39 is 0 Å². The van der Waals surface area contributed by atoms with Crippen molar-refractivity contribution in [1.29, 1.82) is 0 Å². The molecule has 0 radical (unpaired) electrons. The van der Waals surface area contributed by atoms with E-state index in [2.05, 4.69) is 5.16 Å². The topological polar surface area (TPSA) is 52.0 Å². The number of aryl methyl sites for hydroxylation is 1. The van der Waals surface area contributed by atoms with Crippen LogP contribution in [0.4, 0.5) is 5.88 Å². The molecule has 0 atom stereocenters. The molecule has 0 saturated heterocycles. The summed E-state index contributed by atoms with van der Waals surface area (Å²) < 4.78 is 4.96. The van der Waals surface area contributed by atoms with Gasteiger partial charge in [-0.2, -0.15) is 0 Å². The third-order valence-electron chi connectivity index (χ3n) is 3.57. The maximum Gasteiger partial charge on any atom is 0.225 e. The van der Waals surface area contributed by atoms with Crippen molar-refractivity contribution < 1.29 is 4.52 Å². The average molecular weight is 208 g/mol. The molecule has 1 saturated carbocycles. The van der Waals surface area contributed by atoms with Gasteiger partial charge in [-0.1, -0.05) is 37.3 Å². The molecule has 1 aliphatic rings. The largest absolute Gasteiger partial charge is 0.367 e. The number of hydrogen-bond donors (Lipinski definition) is 1. The predicted molar refractivity (Wildman–Crippen MR) is 60.5 cm³/mol. The van der Waals surface area contributed by atoms with Gasteiger partial charge in [0.1, 0.15) is 0 Å². The molecule has 84 valence electrons. The minimum Gasteiger partial charge on any atom is -0.367 e. The van der Waals surface area contributed by atoms with Crippen LogP contribution in [-0.2, 0) is 6.42 Å². The van der Waals surface area contributed by atoms with Gasteiger partial charge in [0.2, 0.25) is 5.88 Å². The molecule has 2 N–H and O–H groups in total. The van der Waals surface area contributed by atoms with Gasteiger partial charge in [0.25, 0.3) is 0 Å². The molecule has 1 aliphatic carbocycles. The average Bonchev–Trinajstić information content (AvgIpc) is 2.59. The zero-order valence-corrected chi connectivity index (χ0v) is 9.46. The first-order valence-electron chi connectivity index (χ1n) is 5.98. The maximum absolute atomic E-state index is 5.62. The highest BCUT2D eigenvalue weighted by atomic mass is 16.5. The first-order valence-corrected chi connectivity index (χ1v) is 5.98. The van der Waals surface area contributed by atoms with Crippen LogP contribution in [0.1, 0.15) is 49.8 Å². The van der Waals surface area contributed by atoms with Crippen LogP contribution >= 0.6 is 0 Å². The Hall–Kier alpha value is -0.990. The highest BCUT2D eigenvalue weighted by Crippen LogP contribution is 2.28. The third kappa shape index (κ3) is 2.52. The molecule has 0 unspecified atom stereocenters. The molecule has 1 aromatic rings. The van der Waals surface area contributed by atoms with Crippen LogP contribution < -0.4 is 5.73 Å². The van der Waals surface area contributed by atoms with Crippen molar-refractivity contribution in [3.63, 3.8) is 0 Å². The summed E-state index contributed by atoms with van der Waals surface area (Å²) in [5, 5.41) is 4.00. The lowest BCUT2D eigenvalue weighted by Crippen LogP contribution is -2.07. The van der Waals surface area contributed by atoms with E-state index in [-0.39, 0.29) is 0 Å². The van der Waals surface area contributed by atoms with Gasteiger partial charge in [-0.25, -0.2) is 0 Å². The molecule has 15 heavy (non-hydrogen) atoms. The second kappa shape index (κ2) is 4.69. The summed E-state index contributed by atoms with van der Waals surface area (Å²) in [5.74, 6) is 1.38. The first-order chi connectivity index (χ1) is 7.27. The van der Waals surface area contributed by atoms with E-state index in [4.69, 9.17) is 10.3 Å². The van der Waals surface area contributed by atoms with E-state index in [1.807, 2.05) is 6.92 Å². The highest BCUT2D eigenvalue weighted by molar-refractivity contribution is 5.37. The minimum absolute atomic E-state index is 0.480. The molecule has 1 aromatic heterocycles. The quantitative estimate of drug-likeness (QED) is 0.830. The zero-order chi connectivity index (χ0) is 10.7. The smallest absolute Gasteiger partial charge is 0.225 e. The number of nitrogen functional groups attached to an aromatic ring is 1. The summed E-state index contributed by atoms with van der Waals surface area (Å²) >= 11 is 0. The van der Waals surface area contributed by atoms with Gasteiger partial charge in [-0.05, 0) is 25.7 Å². The molecule has 3 nitrogen and oxygen atoms in total. The zero-order valence-electron chi connectivity index (χ0n) is 9.46. The Kier molecular flexibility index (Phi) is 3.29. The van der Waals surface area contributed by atoms with Gasteiger partial charge in [0.05, 0.1) is 5.69 Å². The van der Waals surface area contributed by atoms with E-state index in [9.17, 15) is 0 Å². The standard InChI is InChI=1S/C12H20N2O/c1-9-11(14-15-12(9)13)8-7-10-5-3-2-4-6-10/h10H,2-8,13H2,1H3. The molecular weight excluding hydrogens is 188 g/mol. The summed E-state index contributed by atoms with van der Waals surface area (Å²) in [6.45, 7) is 1.99. The predicted octanol–water partition coefficient (Wildman–Crippen LogP) is 3.08. The Morgan fingerprint density at radius 1 is 1.33 bits per heavy atom. The number of nitrogens with zero attached hydrogens (tertiary/aromatic N) is 1. The fraction of sp³-hybridized carbons (Fsp3) is 0.750. The normalized spacial score (nSPS) is 18.2. The van der Waals surface area contributed by atoms with Gasteiger partial charge in [-0.3, -0.25) is 0 Å². The molecule has 0 aliphatic heterocycles. The molecule has 1 fully saturated rings. The van der Waals surface area contributed by atoms with Crippen LogP contribution in [0.3, 0.4) is 0 Å². The van der Waals surface area contributed by atoms with E-state index in [1.165, 1.54) is 38.5 Å². The van der Waals surface area contributed by atoms with Crippen molar-refractivity contribution in [1.82, 2.24) is 5.16 Å². The number of rotatable bonds is 3. The van der Waals surface area contributed by atoms with Crippen molar-refractivity contribution in [3.8, 4) is 0 Å². The maximum atomic E-state index is 5.62. The van der Waals surface area contributed by atoms with Crippen LogP contribution in [0.25, 0.3) is 0 Å². The highest BCUT2D eigenvalue weighted by Gasteiger charge is 2.15. The lowest BCUT2D eigenvalue weighted by Gasteiger charge is -2.20. The number of hydrogen-bond acceptors (Lipinski definition) is 3. The van der Waals surface area contributed by atoms with E-state index >= 15 is 0 Å². The molecule has 0 amide bonds. The number of anilines is 1. The first kappa shape index (κ1) is 10.5. The van der Waals surface area contributed by atoms with Gasteiger partial charge in [0, 0.05) is 5.56 Å². The summed E-state index contributed by atoms with van der Waals surface area (Å²) in [5.41, 5.74) is 7.71. The van der Waals surface area contributed by atoms with Gasteiger partial charge in [0.15, 0.2) is 0 Å². The summed E-state index contributed by atoms with van der Waals surface area (Å²) in [4.78, 5) is 0. The molecule has 0 bridgehead atoms. The van der Waals surface area contributed by atoms with Crippen molar-refractivity contribution in [2.24, 2.45) is 5.92 Å². The van der Waals surface area contributed by atoms with Gasteiger partial charge < -0.3 is 10.3 Å². The molecule has 0 aromatic carbocycles. The van der Waals surface area contributed by atoms with Gasteiger partial charge in [-0.15, -0.1) is 0 Å². The molecule has 2 rings (SSSR count). The van der Waals surface area contributed by atoms with Crippen molar-refractivity contribution in [2.75, 3.05) is 5.73 Å². The minimum atomic E-state index is 0.480. The summed E-state index contributed by atoms with van der Waals surface area (Å²) in [6.07, 6.45) is 9.30. The van der Waals surface area contributed by atoms with Crippen molar-refractivity contribution in [2.45, 2.75) is 51.9 Å². The van der Waals surface area contributed by atoms with Crippen molar-refractivity contribution in [3.05, 3.63) is 11.3 Å². The lowest BCUT2D eigenvalue weighted by atomic mass is 9.85. The summed E-state index contributed by atoms with van der Waals surface area (Å²) in [7, 11) is 0. The SMILES string of the molecule is Cc1c(CCC2CCCCC2)noc1N. The number of aromatic nitrogens is 1. The summed E-state index contributed by atoms with van der Waals surface area (Å²) in [6, 6.07) is 0. The Bertz CT molecular complexity index is 313. The van der Waals surface area contributed by atoms with E-state index in [0.29, 0.717) is 5.88 Å². The van der Waals surface area contributed by atoms with Crippen LogP contribution in [0.2, 0.25) is 0 Å². The van der Waals surface area contributed by atoms with E-state index in [1.54, 1.807) is 0 Å². The molecule has 3 heteroatoms. The Morgan fingerprint density at radius 3 is 2.67 bits per heavy atom. The van der Waals surface area contributed by atoms with Crippen LogP contribution in [0.5, 0.6) is 0 Å². The number of nitrogens with two attached hydrogens (primary N) is 1. The molecular formula is C12H20N2O.